The second-order valence-corrected chi connectivity index (χ2v) is 7.21. The number of amides is 2. The van der Waals surface area contributed by atoms with E-state index in [1.165, 1.54) is 49.9 Å². The Morgan fingerprint density at radius 3 is 2.67 bits per heavy atom. The van der Waals surface area contributed by atoms with Gasteiger partial charge in [0.05, 0.1) is 0 Å². The van der Waals surface area contributed by atoms with Crippen LogP contribution in [-0.4, -0.2) is 48.9 Å². The molecule has 0 bridgehead atoms. The lowest BCUT2D eigenvalue weighted by atomic mass is 10.0. The van der Waals surface area contributed by atoms with E-state index in [9.17, 15) is 14.0 Å². The first-order valence-corrected chi connectivity index (χ1v) is 10.1. The molecule has 1 aliphatic rings. The molecule has 0 spiro atoms. The maximum Gasteiger partial charge on any atom is 0.251 e. The maximum atomic E-state index is 12.9. The molecule has 1 aromatic rings. The predicted molar refractivity (Wildman–Crippen MR) is 105 cm³/mol. The van der Waals surface area contributed by atoms with Crippen molar-refractivity contribution in [3.8, 4) is 0 Å². The van der Waals surface area contributed by atoms with Crippen molar-refractivity contribution in [2.45, 2.75) is 57.9 Å². The molecule has 1 fully saturated rings. The van der Waals surface area contributed by atoms with Gasteiger partial charge in [0, 0.05) is 31.1 Å². The van der Waals surface area contributed by atoms with Crippen LogP contribution in [0.5, 0.6) is 0 Å². The number of nitrogens with one attached hydrogen (secondary N) is 2. The molecule has 0 aromatic heterocycles. The van der Waals surface area contributed by atoms with Crippen LogP contribution in [0.25, 0.3) is 0 Å². The predicted octanol–water partition coefficient (Wildman–Crippen LogP) is 3.11. The SMILES string of the molecule is CCCCN1CCCCC1CNC(=O)CCCNC(=O)c1ccc(F)cc1. The van der Waals surface area contributed by atoms with Gasteiger partial charge in [0.2, 0.25) is 5.91 Å². The van der Waals surface area contributed by atoms with Crippen molar-refractivity contribution >= 4 is 11.8 Å². The van der Waals surface area contributed by atoms with Gasteiger partial charge in [0.1, 0.15) is 5.82 Å². The molecule has 0 saturated carbocycles. The molecule has 1 aliphatic heterocycles. The number of rotatable bonds is 10. The number of carbonyl (C=O) groups is 2. The molecule has 1 atom stereocenters. The van der Waals surface area contributed by atoms with Crippen molar-refractivity contribution in [2.75, 3.05) is 26.2 Å². The lowest BCUT2D eigenvalue weighted by Gasteiger charge is -2.35. The first-order chi connectivity index (χ1) is 13.1. The molecule has 0 radical (unpaired) electrons. The third kappa shape index (κ3) is 7.67. The Balaban J connectivity index is 1.61. The van der Waals surface area contributed by atoms with Crippen LogP contribution in [0.3, 0.4) is 0 Å². The molecular formula is C21H32FN3O2. The Morgan fingerprint density at radius 1 is 1.15 bits per heavy atom. The summed E-state index contributed by atoms with van der Waals surface area (Å²) in [7, 11) is 0. The van der Waals surface area contributed by atoms with Gasteiger partial charge in [-0.25, -0.2) is 4.39 Å². The smallest absolute Gasteiger partial charge is 0.251 e. The van der Waals surface area contributed by atoms with Gasteiger partial charge in [-0.2, -0.15) is 0 Å². The molecule has 1 aromatic carbocycles. The van der Waals surface area contributed by atoms with Crippen molar-refractivity contribution in [3.63, 3.8) is 0 Å². The van der Waals surface area contributed by atoms with Crippen LogP contribution in [0.2, 0.25) is 0 Å². The number of nitrogens with zero attached hydrogens (tertiary/aromatic N) is 1. The van der Waals surface area contributed by atoms with E-state index in [1.807, 2.05) is 0 Å². The Morgan fingerprint density at radius 2 is 1.93 bits per heavy atom. The zero-order valence-corrected chi connectivity index (χ0v) is 16.3. The molecule has 2 amide bonds. The number of halogens is 1. The molecule has 1 heterocycles. The van der Waals surface area contributed by atoms with E-state index >= 15 is 0 Å². The molecule has 1 unspecified atom stereocenters. The van der Waals surface area contributed by atoms with Crippen LogP contribution < -0.4 is 10.6 Å². The van der Waals surface area contributed by atoms with Crippen molar-refractivity contribution in [3.05, 3.63) is 35.6 Å². The molecule has 1 saturated heterocycles. The quantitative estimate of drug-likeness (QED) is 0.616. The fraction of sp³-hybridized carbons (Fsp3) is 0.619. The summed E-state index contributed by atoms with van der Waals surface area (Å²) in [6.45, 7) is 5.60. The molecule has 6 heteroatoms. The topological polar surface area (TPSA) is 61.4 Å². The summed E-state index contributed by atoms with van der Waals surface area (Å²) in [5.74, 6) is -0.578. The van der Waals surface area contributed by atoms with Crippen molar-refractivity contribution in [2.24, 2.45) is 0 Å². The van der Waals surface area contributed by atoms with Gasteiger partial charge in [-0.15, -0.1) is 0 Å². The molecule has 0 aliphatic carbocycles. The number of likely N-dealkylation sites (tertiary alicyclic amines) is 1. The third-order valence-corrected chi connectivity index (χ3v) is 5.06. The van der Waals surface area contributed by atoms with E-state index in [4.69, 9.17) is 0 Å². The number of carbonyl (C=O) groups excluding carboxylic acids is 2. The summed E-state index contributed by atoms with van der Waals surface area (Å²) in [6, 6.07) is 5.87. The minimum absolute atomic E-state index is 0.0343. The molecular weight excluding hydrogens is 345 g/mol. The average molecular weight is 378 g/mol. The Bertz CT molecular complexity index is 592. The lowest BCUT2D eigenvalue weighted by Crippen LogP contribution is -2.47. The van der Waals surface area contributed by atoms with Crippen LogP contribution in [0.15, 0.2) is 24.3 Å². The van der Waals surface area contributed by atoms with Gasteiger partial charge in [0.25, 0.3) is 5.91 Å². The second-order valence-electron chi connectivity index (χ2n) is 7.21. The fourth-order valence-electron chi connectivity index (χ4n) is 3.42. The summed E-state index contributed by atoms with van der Waals surface area (Å²) in [5.41, 5.74) is 0.422. The summed E-state index contributed by atoms with van der Waals surface area (Å²) >= 11 is 0. The maximum absolute atomic E-state index is 12.9. The van der Waals surface area contributed by atoms with Gasteiger partial charge in [0.15, 0.2) is 0 Å². The first kappa shape index (κ1) is 21.4. The van der Waals surface area contributed by atoms with E-state index in [1.54, 1.807) is 0 Å². The molecule has 2 rings (SSSR count). The fourth-order valence-corrected chi connectivity index (χ4v) is 3.42. The number of hydrogen-bond donors (Lipinski definition) is 2. The summed E-state index contributed by atoms with van der Waals surface area (Å²) < 4.78 is 12.9. The van der Waals surface area contributed by atoms with E-state index in [0.29, 0.717) is 37.5 Å². The molecule has 27 heavy (non-hydrogen) atoms. The van der Waals surface area contributed by atoms with Crippen LogP contribution in [-0.2, 0) is 4.79 Å². The van der Waals surface area contributed by atoms with E-state index < -0.39 is 0 Å². The highest BCUT2D eigenvalue weighted by Crippen LogP contribution is 2.17. The van der Waals surface area contributed by atoms with Crippen molar-refractivity contribution in [1.82, 2.24) is 15.5 Å². The van der Waals surface area contributed by atoms with E-state index in [0.717, 1.165) is 19.5 Å². The zero-order chi connectivity index (χ0) is 19.5. The third-order valence-electron chi connectivity index (χ3n) is 5.06. The minimum Gasteiger partial charge on any atom is -0.355 e. The zero-order valence-electron chi connectivity index (χ0n) is 16.3. The highest BCUT2D eigenvalue weighted by molar-refractivity contribution is 5.94. The Hall–Kier alpha value is -1.95. The summed E-state index contributed by atoms with van der Waals surface area (Å²) in [6.07, 6.45) is 7.02. The molecule has 2 N–H and O–H groups in total. The summed E-state index contributed by atoms with van der Waals surface area (Å²) in [4.78, 5) is 26.5. The van der Waals surface area contributed by atoms with E-state index in [2.05, 4.69) is 22.5 Å². The van der Waals surface area contributed by atoms with Gasteiger partial charge >= 0.3 is 0 Å². The minimum atomic E-state index is -0.366. The largest absolute Gasteiger partial charge is 0.355 e. The van der Waals surface area contributed by atoms with Gasteiger partial charge in [-0.3, -0.25) is 14.5 Å². The van der Waals surface area contributed by atoms with Crippen LogP contribution >= 0.6 is 0 Å². The van der Waals surface area contributed by atoms with Gasteiger partial charge < -0.3 is 10.6 Å². The molecule has 150 valence electrons. The normalized spacial score (nSPS) is 17.5. The number of piperidine rings is 1. The number of benzene rings is 1. The monoisotopic (exact) mass is 377 g/mol. The van der Waals surface area contributed by atoms with Gasteiger partial charge in [-0.1, -0.05) is 19.8 Å². The molecule has 5 nitrogen and oxygen atoms in total. The number of unbranched alkanes of at least 4 members (excludes halogenated alkanes) is 1. The highest BCUT2D eigenvalue weighted by atomic mass is 19.1. The Labute approximate surface area is 161 Å². The lowest BCUT2D eigenvalue weighted by molar-refractivity contribution is -0.121. The average Bonchev–Trinajstić information content (AvgIpc) is 2.69. The van der Waals surface area contributed by atoms with Crippen LogP contribution in [0, 0.1) is 5.82 Å². The summed E-state index contributed by atoms with van der Waals surface area (Å²) in [5, 5.41) is 5.81. The van der Waals surface area contributed by atoms with E-state index in [-0.39, 0.29) is 17.6 Å². The van der Waals surface area contributed by atoms with Crippen molar-refractivity contribution in [1.29, 1.82) is 0 Å². The standard InChI is InChI=1S/C21H32FN3O2/c1-2-3-14-25-15-5-4-7-19(25)16-24-20(26)8-6-13-23-21(27)17-9-11-18(22)12-10-17/h9-12,19H,2-8,13-16H2,1H3,(H,23,27)(H,24,26). The number of hydrogen-bond acceptors (Lipinski definition) is 3. The van der Waals surface area contributed by atoms with Crippen LogP contribution in [0.1, 0.15) is 62.2 Å². The van der Waals surface area contributed by atoms with Crippen molar-refractivity contribution < 1.29 is 14.0 Å². The second kappa shape index (κ2) is 11.7. The first-order valence-electron chi connectivity index (χ1n) is 10.1. The van der Waals surface area contributed by atoms with Gasteiger partial charge in [-0.05, 0) is 63.0 Å². The van der Waals surface area contributed by atoms with Crippen LogP contribution in [0.4, 0.5) is 4.39 Å². The highest BCUT2D eigenvalue weighted by Gasteiger charge is 2.22. The Kier molecular flexibility index (Phi) is 9.25.